The highest BCUT2D eigenvalue weighted by Gasteiger charge is 2.22. The number of aromatic nitrogens is 1. The number of fused-ring (bicyclic) bond motifs is 1. The summed E-state index contributed by atoms with van der Waals surface area (Å²) in [6, 6.07) is 8.82. The Labute approximate surface area is 126 Å². The van der Waals surface area contributed by atoms with Gasteiger partial charge in [0.05, 0.1) is 0 Å². The van der Waals surface area contributed by atoms with Gasteiger partial charge >= 0.3 is 0 Å². The summed E-state index contributed by atoms with van der Waals surface area (Å²) in [6.45, 7) is 2.25. The minimum Gasteiger partial charge on any atom is -0.361 e. The zero-order valence-corrected chi connectivity index (χ0v) is 12.7. The summed E-state index contributed by atoms with van der Waals surface area (Å²) < 4.78 is 0. The number of hydrogen-bond donors (Lipinski definition) is 2. The van der Waals surface area contributed by atoms with Crippen LogP contribution < -0.4 is 5.32 Å². The van der Waals surface area contributed by atoms with Crippen LogP contribution in [0.25, 0.3) is 10.9 Å². The molecule has 21 heavy (non-hydrogen) atoms. The third-order valence-electron chi connectivity index (χ3n) is 4.72. The number of carbonyl (C=O) groups is 1. The van der Waals surface area contributed by atoms with Gasteiger partial charge in [0.25, 0.3) is 0 Å². The van der Waals surface area contributed by atoms with Crippen LogP contribution in [0.1, 0.15) is 44.6 Å². The lowest BCUT2D eigenvalue weighted by molar-refractivity contribution is -0.122. The number of benzene rings is 1. The standard InChI is InChI=1S/C18H24N2O/c1-13-4-2-3-5-16(13)20-18(21)9-7-14-6-8-17-15(12-14)10-11-19-17/h6,8,10-13,16,19H,2-5,7,9H2,1H3,(H,20,21). The monoisotopic (exact) mass is 284 g/mol. The Morgan fingerprint density at radius 3 is 3.00 bits per heavy atom. The van der Waals surface area contributed by atoms with Gasteiger partial charge in [0.1, 0.15) is 0 Å². The molecule has 1 fully saturated rings. The first kappa shape index (κ1) is 14.2. The molecule has 2 atom stereocenters. The molecule has 3 heteroatoms. The molecule has 1 amide bonds. The Morgan fingerprint density at radius 2 is 2.14 bits per heavy atom. The van der Waals surface area contributed by atoms with Gasteiger partial charge in [-0.1, -0.05) is 25.8 Å². The zero-order valence-electron chi connectivity index (χ0n) is 12.7. The highest BCUT2D eigenvalue weighted by atomic mass is 16.1. The van der Waals surface area contributed by atoms with E-state index < -0.39 is 0 Å². The number of hydrogen-bond acceptors (Lipinski definition) is 1. The van der Waals surface area contributed by atoms with Crippen LogP contribution in [0, 0.1) is 5.92 Å². The molecular weight excluding hydrogens is 260 g/mol. The van der Waals surface area contributed by atoms with Crippen LogP contribution in [-0.4, -0.2) is 16.9 Å². The maximum atomic E-state index is 12.1. The van der Waals surface area contributed by atoms with Crippen molar-refractivity contribution in [1.29, 1.82) is 0 Å². The normalized spacial score (nSPS) is 22.3. The molecule has 0 radical (unpaired) electrons. The van der Waals surface area contributed by atoms with Crippen molar-refractivity contribution in [3.63, 3.8) is 0 Å². The summed E-state index contributed by atoms with van der Waals surface area (Å²) >= 11 is 0. The van der Waals surface area contributed by atoms with E-state index in [9.17, 15) is 4.79 Å². The van der Waals surface area contributed by atoms with Crippen molar-refractivity contribution in [2.24, 2.45) is 5.92 Å². The molecule has 2 N–H and O–H groups in total. The molecule has 1 aliphatic carbocycles. The predicted molar refractivity (Wildman–Crippen MR) is 86.2 cm³/mol. The molecule has 2 aromatic rings. The quantitative estimate of drug-likeness (QED) is 0.881. The largest absolute Gasteiger partial charge is 0.361 e. The van der Waals surface area contributed by atoms with E-state index in [4.69, 9.17) is 0 Å². The molecule has 1 aromatic heterocycles. The van der Waals surface area contributed by atoms with Crippen molar-refractivity contribution in [3.05, 3.63) is 36.0 Å². The molecule has 0 spiro atoms. The van der Waals surface area contributed by atoms with Crippen molar-refractivity contribution in [2.45, 2.75) is 51.5 Å². The zero-order chi connectivity index (χ0) is 14.7. The lowest BCUT2D eigenvalue weighted by atomic mass is 9.86. The van der Waals surface area contributed by atoms with Crippen molar-refractivity contribution in [3.8, 4) is 0 Å². The number of carbonyl (C=O) groups excluding carboxylic acids is 1. The molecular formula is C18H24N2O. The Balaban J connectivity index is 1.53. The minimum absolute atomic E-state index is 0.197. The first-order chi connectivity index (χ1) is 10.2. The molecule has 0 aliphatic heterocycles. The predicted octanol–water partition coefficient (Wildman–Crippen LogP) is 3.80. The van der Waals surface area contributed by atoms with E-state index in [0.29, 0.717) is 18.4 Å². The second kappa shape index (κ2) is 6.33. The van der Waals surface area contributed by atoms with Gasteiger partial charge in [-0.3, -0.25) is 4.79 Å². The van der Waals surface area contributed by atoms with Crippen LogP contribution in [0.3, 0.4) is 0 Å². The fourth-order valence-electron chi connectivity index (χ4n) is 3.33. The van der Waals surface area contributed by atoms with Crippen LogP contribution in [0.4, 0.5) is 0 Å². The van der Waals surface area contributed by atoms with Gasteiger partial charge in [0, 0.05) is 24.2 Å². The van der Waals surface area contributed by atoms with E-state index >= 15 is 0 Å². The van der Waals surface area contributed by atoms with Crippen molar-refractivity contribution in [2.75, 3.05) is 0 Å². The Hall–Kier alpha value is -1.77. The van der Waals surface area contributed by atoms with E-state index in [1.807, 2.05) is 6.20 Å². The molecule has 1 aromatic carbocycles. The van der Waals surface area contributed by atoms with E-state index in [1.165, 1.54) is 30.2 Å². The summed E-state index contributed by atoms with van der Waals surface area (Å²) in [4.78, 5) is 15.3. The van der Waals surface area contributed by atoms with Crippen LogP contribution in [0.2, 0.25) is 0 Å². The number of H-pyrrole nitrogens is 1. The van der Waals surface area contributed by atoms with Crippen LogP contribution in [-0.2, 0) is 11.2 Å². The maximum Gasteiger partial charge on any atom is 0.220 e. The van der Waals surface area contributed by atoms with Crippen molar-refractivity contribution >= 4 is 16.8 Å². The molecule has 2 unspecified atom stereocenters. The third kappa shape index (κ3) is 3.46. The van der Waals surface area contributed by atoms with Gasteiger partial charge < -0.3 is 10.3 Å². The lowest BCUT2D eigenvalue weighted by Crippen LogP contribution is -2.41. The second-order valence-corrected chi connectivity index (χ2v) is 6.34. The molecule has 1 aliphatic rings. The van der Waals surface area contributed by atoms with Gasteiger partial charge in [-0.05, 0) is 54.3 Å². The van der Waals surface area contributed by atoms with E-state index in [1.54, 1.807) is 0 Å². The summed E-state index contributed by atoms with van der Waals surface area (Å²) in [5, 5.41) is 4.44. The van der Waals surface area contributed by atoms with Gasteiger partial charge in [0.2, 0.25) is 5.91 Å². The SMILES string of the molecule is CC1CCCCC1NC(=O)CCc1ccc2[nH]ccc2c1. The smallest absolute Gasteiger partial charge is 0.220 e. The number of nitrogens with one attached hydrogen (secondary N) is 2. The minimum atomic E-state index is 0.197. The van der Waals surface area contributed by atoms with Crippen molar-refractivity contribution < 1.29 is 4.79 Å². The van der Waals surface area contributed by atoms with E-state index in [-0.39, 0.29) is 5.91 Å². The third-order valence-corrected chi connectivity index (χ3v) is 4.72. The van der Waals surface area contributed by atoms with Crippen LogP contribution in [0.15, 0.2) is 30.5 Å². The summed E-state index contributed by atoms with van der Waals surface area (Å²) in [6.07, 6.45) is 8.29. The number of aryl methyl sites for hydroxylation is 1. The van der Waals surface area contributed by atoms with Gasteiger partial charge in [-0.2, -0.15) is 0 Å². The lowest BCUT2D eigenvalue weighted by Gasteiger charge is -2.29. The molecule has 1 heterocycles. The summed E-state index contributed by atoms with van der Waals surface area (Å²) in [5.74, 6) is 0.821. The highest BCUT2D eigenvalue weighted by molar-refractivity contribution is 5.80. The molecule has 3 nitrogen and oxygen atoms in total. The average molecular weight is 284 g/mol. The van der Waals surface area contributed by atoms with Crippen LogP contribution >= 0.6 is 0 Å². The Morgan fingerprint density at radius 1 is 1.29 bits per heavy atom. The second-order valence-electron chi connectivity index (χ2n) is 6.34. The van der Waals surface area contributed by atoms with Gasteiger partial charge in [0.15, 0.2) is 0 Å². The summed E-state index contributed by atoms with van der Waals surface area (Å²) in [5.41, 5.74) is 2.38. The number of amides is 1. The van der Waals surface area contributed by atoms with E-state index in [0.717, 1.165) is 18.4 Å². The Bertz CT molecular complexity index is 616. The van der Waals surface area contributed by atoms with E-state index in [2.05, 4.69) is 41.5 Å². The topological polar surface area (TPSA) is 44.9 Å². The fraction of sp³-hybridized carbons (Fsp3) is 0.500. The fourth-order valence-corrected chi connectivity index (χ4v) is 3.33. The first-order valence-corrected chi connectivity index (χ1v) is 8.08. The molecule has 0 bridgehead atoms. The van der Waals surface area contributed by atoms with Gasteiger partial charge in [-0.15, -0.1) is 0 Å². The summed E-state index contributed by atoms with van der Waals surface area (Å²) in [7, 11) is 0. The average Bonchev–Trinajstić information content (AvgIpc) is 2.95. The highest BCUT2D eigenvalue weighted by Crippen LogP contribution is 2.23. The van der Waals surface area contributed by atoms with Crippen molar-refractivity contribution in [1.82, 2.24) is 10.3 Å². The number of aromatic amines is 1. The molecule has 112 valence electrons. The van der Waals surface area contributed by atoms with Gasteiger partial charge in [-0.25, -0.2) is 0 Å². The molecule has 3 rings (SSSR count). The Kier molecular flexibility index (Phi) is 4.28. The number of rotatable bonds is 4. The van der Waals surface area contributed by atoms with Crippen LogP contribution in [0.5, 0.6) is 0 Å². The maximum absolute atomic E-state index is 12.1. The molecule has 1 saturated carbocycles. The molecule has 0 saturated heterocycles. The first-order valence-electron chi connectivity index (χ1n) is 8.08.